The molecule has 0 unspecified atom stereocenters. The summed E-state index contributed by atoms with van der Waals surface area (Å²) >= 11 is 0. The number of aryl methyl sites for hydroxylation is 1. The number of methoxy groups -OCH3 is 1. The zero-order valence-electron chi connectivity index (χ0n) is 14.1. The van der Waals surface area contributed by atoms with E-state index in [2.05, 4.69) is 27.9 Å². The van der Waals surface area contributed by atoms with Crippen LogP contribution >= 0.6 is 0 Å². The number of hydrogen-bond donors (Lipinski definition) is 1. The summed E-state index contributed by atoms with van der Waals surface area (Å²) < 4.78 is 13.5. The van der Waals surface area contributed by atoms with Crippen LogP contribution in [-0.4, -0.2) is 29.8 Å². The van der Waals surface area contributed by atoms with Gasteiger partial charge in [0, 0.05) is 31.0 Å². The predicted octanol–water partition coefficient (Wildman–Crippen LogP) is 3.25. The van der Waals surface area contributed by atoms with Gasteiger partial charge in [-0.05, 0) is 25.5 Å². The van der Waals surface area contributed by atoms with Gasteiger partial charge in [-0.2, -0.15) is 0 Å². The Morgan fingerprint density at radius 3 is 2.91 bits per heavy atom. The highest BCUT2D eigenvalue weighted by Crippen LogP contribution is 2.31. The van der Waals surface area contributed by atoms with Crippen molar-refractivity contribution >= 4 is 0 Å². The van der Waals surface area contributed by atoms with Gasteiger partial charge in [-0.3, -0.25) is 0 Å². The molecule has 1 aromatic heterocycles. The van der Waals surface area contributed by atoms with E-state index in [4.69, 9.17) is 9.47 Å². The first-order valence-corrected chi connectivity index (χ1v) is 8.30. The molecule has 23 heavy (non-hydrogen) atoms. The Labute approximate surface area is 138 Å². The van der Waals surface area contributed by atoms with Crippen LogP contribution in [0.15, 0.2) is 36.9 Å². The van der Waals surface area contributed by atoms with Crippen molar-refractivity contribution in [2.45, 2.75) is 39.3 Å². The maximum Gasteiger partial charge on any atom is 0.165 e. The molecular weight excluding hydrogens is 290 g/mol. The van der Waals surface area contributed by atoms with Crippen molar-refractivity contribution in [3.63, 3.8) is 0 Å². The number of rotatable bonds is 11. The Hall–Kier alpha value is -2.01. The molecule has 0 aliphatic heterocycles. The lowest BCUT2D eigenvalue weighted by Gasteiger charge is -2.15. The third-order valence-electron chi connectivity index (χ3n) is 3.67. The first kappa shape index (κ1) is 17.3. The smallest absolute Gasteiger partial charge is 0.165 e. The Balaban J connectivity index is 1.82. The van der Waals surface area contributed by atoms with E-state index in [-0.39, 0.29) is 0 Å². The van der Waals surface area contributed by atoms with E-state index >= 15 is 0 Å². The van der Waals surface area contributed by atoms with Gasteiger partial charge in [0.25, 0.3) is 0 Å². The molecule has 0 spiro atoms. The van der Waals surface area contributed by atoms with Crippen LogP contribution in [0.2, 0.25) is 0 Å². The summed E-state index contributed by atoms with van der Waals surface area (Å²) in [7, 11) is 1.68. The van der Waals surface area contributed by atoms with Crippen molar-refractivity contribution in [1.82, 2.24) is 14.9 Å². The molecule has 5 heteroatoms. The molecule has 1 heterocycles. The second kappa shape index (κ2) is 9.90. The highest BCUT2D eigenvalue weighted by atomic mass is 16.5. The van der Waals surface area contributed by atoms with Gasteiger partial charge in [0.1, 0.15) is 0 Å². The number of nitrogens with one attached hydrogen (secondary N) is 1. The molecule has 0 aliphatic rings. The minimum atomic E-state index is 0.727. The minimum Gasteiger partial charge on any atom is -0.493 e. The number of hydrogen-bond acceptors (Lipinski definition) is 4. The lowest BCUT2D eigenvalue weighted by atomic mass is 10.1. The molecule has 2 aromatic rings. The lowest BCUT2D eigenvalue weighted by Crippen LogP contribution is -2.17. The van der Waals surface area contributed by atoms with Gasteiger partial charge in [-0.1, -0.05) is 25.5 Å². The van der Waals surface area contributed by atoms with Gasteiger partial charge in [0.05, 0.1) is 20.0 Å². The molecule has 1 N–H and O–H groups in total. The van der Waals surface area contributed by atoms with Crippen LogP contribution in [0.25, 0.3) is 0 Å². The van der Waals surface area contributed by atoms with Gasteiger partial charge in [0.15, 0.2) is 11.5 Å². The average Bonchev–Trinajstić information content (AvgIpc) is 3.09. The van der Waals surface area contributed by atoms with E-state index in [0.717, 1.165) is 62.6 Å². The summed E-state index contributed by atoms with van der Waals surface area (Å²) in [5, 5.41) is 3.48. The Bertz CT molecular complexity index is 555. The highest BCUT2D eigenvalue weighted by Gasteiger charge is 2.10. The number of imidazole rings is 1. The fourth-order valence-electron chi connectivity index (χ4n) is 2.37. The second-order valence-electron chi connectivity index (χ2n) is 5.48. The largest absolute Gasteiger partial charge is 0.493 e. The normalized spacial score (nSPS) is 10.7. The zero-order valence-corrected chi connectivity index (χ0v) is 14.1. The predicted molar refractivity (Wildman–Crippen MR) is 91.9 cm³/mol. The zero-order chi connectivity index (χ0) is 16.3. The van der Waals surface area contributed by atoms with E-state index in [1.807, 2.05) is 30.9 Å². The first-order chi connectivity index (χ1) is 11.3. The van der Waals surface area contributed by atoms with Gasteiger partial charge in [-0.15, -0.1) is 0 Å². The number of nitrogens with zero attached hydrogens (tertiary/aromatic N) is 2. The van der Waals surface area contributed by atoms with E-state index < -0.39 is 0 Å². The Morgan fingerprint density at radius 1 is 1.26 bits per heavy atom. The van der Waals surface area contributed by atoms with Crippen molar-refractivity contribution in [1.29, 1.82) is 0 Å². The van der Waals surface area contributed by atoms with E-state index in [1.165, 1.54) is 0 Å². The van der Waals surface area contributed by atoms with Crippen LogP contribution in [-0.2, 0) is 13.1 Å². The van der Waals surface area contributed by atoms with E-state index in [0.29, 0.717) is 0 Å². The third-order valence-corrected chi connectivity index (χ3v) is 3.67. The van der Waals surface area contributed by atoms with Gasteiger partial charge < -0.3 is 19.4 Å². The summed E-state index contributed by atoms with van der Waals surface area (Å²) in [4.78, 5) is 4.05. The SMILES string of the molecule is CCCCOc1c(CNCCCn2ccnc2)cccc1OC. The molecule has 1 aromatic carbocycles. The number of ether oxygens (including phenoxy) is 2. The fraction of sp³-hybridized carbons (Fsp3) is 0.500. The van der Waals surface area contributed by atoms with Gasteiger partial charge >= 0.3 is 0 Å². The van der Waals surface area contributed by atoms with Crippen molar-refractivity contribution < 1.29 is 9.47 Å². The Morgan fingerprint density at radius 2 is 2.17 bits per heavy atom. The standard InChI is InChI=1S/C18H27N3O2/c1-3-4-13-23-18-16(7-5-8-17(18)22-2)14-19-9-6-11-21-12-10-20-15-21/h5,7-8,10,12,15,19H,3-4,6,9,11,13-14H2,1-2H3. The molecule has 5 nitrogen and oxygen atoms in total. The van der Waals surface area contributed by atoms with E-state index in [9.17, 15) is 0 Å². The summed E-state index contributed by atoms with van der Waals surface area (Å²) in [6.07, 6.45) is 8.88. The summed E-state index contributed by atoms with van der Waals surface area (Å²) in [6.45, 7) is 5.59. The lowest BCUT2D eigenvalue weighted by molar-refractivity contribution is 0.284. The molecule has 0 radical (unpaired) electrons. The third kappa shape index (κ3) is 5.60. The fourth-order valence-corrected chi connectivity index (χ4v) is 2.37. The molecule has 2 rings (SSSR count). The van der Waals surface area contributed by atoms with Gasteiger partial charge in [0.2, 0.25) is 0 Å². The molecule has 0 amide bonds. The molecule has 0 atom stereocenters. The average molecular weight is 317 g/mol. The van der Waals surface area contributed by atoms with Crippen LogP contribution in [0.3, 0.4) is 0 Å². The molecule has 0 aliphatic carbocycles. The maximum atomic E-state index is 5.94. The van der Waals surface area contributed by atoms with Crippen molar-refractivity contribution in [3.8, 4) is 11.5 Å². The number of aromatic nitrogens is 2. The van der Waals surface area contributed by atoms with Gasteiger partial charge in [-0.25, -0.2) is 4.98 Å². The number of para-hydroxylation sites is 1. The van der Waals surface area contributed by atoms with Crippen LogP contribution in [0.5, 0.6) is 11.5 Å². The number of unbranched alkanes of at least 4 members (excludes halogenated alkanes) is 1. The van der Waals surface area contributed by atoms with Crippen molar-refractivity contribution in [2.75, 3.05) is 20.3 Å². The monoisotopic (exact) mass is 317 g/mol. The molecule has 126 valence electrons. The molecule has 0 fully saturated rings. The molecule has 0 saturated heterocycles. The number of benzene rings is 1. The van der Waals surface area contributed by atoms with Crippen LogP contribution in [0.1, 0.15) is 31.7 Å². The summed E-state index contributed by atoms with van der Waals surface area (Å²) in [6, 6.07) is 6.05. The molecule has 0 saturated carbocycles. The maximum absolute atomic E-state index is 5.94. The molecular formula is C18H27N3O2. The molecule has 0 bridgehead atoms. The summed E-state index contributed by atoms with van der Waals surface area (Å²) in [5.74, 6) is 1.67. The van der Waals surface area contributed by atoms with Crippen LogP contribution < -0.4 is 14.8 Å². The van der Waals surface area contributed by atoms with Crippen molar-refractivity contribution in [2.24, 2.45) is 0 Å². The van der Waals surface area contributed by atoms with E-state index in [1.54, 1.807) is 7.11 Å². The Kier molecular flexibility index (Phi) is 7.46. The van der Waals surface area contributed by atoms with Crippen molar-refractivity contribution in [3.05, 3.63) is 42.5 Å². The minimum absolute atomic E-state index is 0.727. The van der Waals surface area contributed by atoms with Crippen LogP contribution in [0.4, 0.5) is 0 Å². The quantitative estimate of drug-likeness (QED) is 0.646. The topological polar surface area (TPSA) is 48.3 Å². The second-order valence-corrected chi connectivity index (χ2v) is 5.48. The summed E-state index contributed by atoms with van der Waals surface area (Å²) in [5.41, 5.74) is 1.14. The first-order valence-electron chi connectivity index (χ1n) is 8.30. The highest BCUT2D eigenvalue weighted by molar-refractivity contribution is 5.46. The van der Waals surface area contributed by atoms with Crippen LogP contribution in [0, 0.1) is 0 Å².